The van der Waals surface area contributed by atoms with Crippen LogP contribution in [0.25, 0.3) is 0 Å². The predicted molar refractivity (Wildman–Crippen MR) is 104 cm³/mol. The zero-order valence-corrected chi connectivity index (χ0v) is 15.1. The lowest BCUT2D eigenvalue weighted by molar-refractivity contribution is -0.123. The summed E-state index contributed by atoms with van der Waals surface area (Å²) in [4.78, 5) is 24.9. The molecule has 0 saturated heterocycles. The van der Waals surface area contributed by atoms with Gasteiger partial charge < -0.3 is 10.6 Å². The number of aromatic nitrogens is 3. The van der Waals surface area contributed by atoms with E-state index < -0.39 is 6.04 Å². The van der Waals surface area contributed by atoms with Crippen LogP contribution < -0.4 is 10.6 Å². The average Bonchev–Trinajstić information content (AvgIpc) is 2.73. The van der Waals surface area contributed by atoms with Gasteiger partial charge in [0.1, 0.15) is 6.04 Å². The molecule has 3 rings (SSSR count). The highest BCUT2D eigenvalue weighted by molar-refractivity contribution is 5.83. The summed E-state index contributed by atoms with van der Waals surface area (Å²) in [6.07, 6.45) is 12.1. The van der Waals surface area contributed by atoms with Gasteiger partial charge in [-0.25, -0.2) is 0 Å². The van der Waals surface area contributed by atoms with Crippen molar-refractivity contribution in [3.05, 3.63) is 90.3 Å². The number of pyridine rings is 3. The first kappa shape index (κ1) is 18.7. The van der Waals surface area contributed by atoms with Crippen LogP contribution in [0.5, 0.6) is 0 Å². The second-order valence-electron chi connectivity index (χ2n) is 6.18. The van der Waals surface area contributed by atoms with E-state index in [1.807, 2.05) is 42.6 Å². The van der Waals surface area contributed by atoms with Crippen LogP contribution >= 0.6 is 0 Å². The van der Waals surface area contributed by atoms with Crippen LogP contribution in [0.4, 0.5) is 0 Å². The zero-order chi connectivity index (χ0) is 18.7. The zero-order valence-electron chi connectivity index (χ0n) is 15.1. The minimum absolute atomic E-state index is 0.0418. The van der Waals surface area contributed by atoms with E-state index in [0.29, 0.717) is 13.1 Å². The van der Waals surface area contributed by atoms with Gasteiger partial charge in [-0.2, -0.15) is 0 Å². The van der Waals surface area contributed by atoms with Gasteiger partial charge >= 0.3 is 0 Å². The Morgan fingerprint density at radius 3 is 2.22 bits per heavy atom. The number of hydrogen-bond donors (Lipinski definition) is 2. The van der Waals surface area contributed by atoms with E-state index >= 15 is 0 Å². The number of carbonyl (C=O) groups is 1. The fourth-order valence-corrected chi connectivity index (χ4v) is 2.81. The van der Waals surface area contributed by atoms with Crippen LogP contribution in [0.1, 0.15) is 22.7 Å². The maximum Gasteiger partial charge on any atom is 0.241 e. The summed E-state index contributed by atoms with van der Waals surface area (Å²) in [5, 5.41) is 6.38. The third kappa shape index (κ3) is 5.97. The van der Waals surface area contributed by atoms with Crippen molar-refractivity contribution in [3.8, 4) is 0 Å². The van der Waals surface area contributed by atoms with Crippen molar-refractivity contribution in [1.29, 1.82) is 0 Å². The van der Waals surface area contributed by atoms with Crippen molar-refractivity contribution in [2.75, 3.05) is 13.1 Å². The van der Waals surface area contributed by atoms with Gasteiger partial charge in [0.25, 0.3) is 0 Å². The molecule has 138 valence electrons. The molecule has 0 aliphatic heterocycles. The monoisotopic (exact) mass is 361 g/mol. The van der Waals surface area contributed by atoms with Crippen LogP contribution in [0.2, 0.25) is 0 Å². The van der Waals surface area contributed by atoms with E-state index in [1.54, 1.807) is 31.0 Å². The molecule has 27 heavy (non-hydrogen) atoms. The molecular formula is C21H23N5O. The van der Waals surface area contributed by atoms with E-state index in [4.69, 9.17) is 0 Å². The first-order valence-electron chi connectivity index (χ1n) is 9.02. The van der Waals surface area contributed by atoms with Crippen molar-refractivity contribution in [3.63, 3.8) is 0 Å². The molecule has 1 amide bonds. The molecule has 3 heterocycles. The Labute approximate surface area is 159 Å². The van der Waals surface area contributed by atoms with Gasteiger partial charge in [0.05, 0.1) is 0 Å². The summed E-state index contributed by atoms with van der Waals surface area (Å²) in [6, 6.07) is 11.2. The van der Waals surface area contributed by atoms with Crippen LogP contribution in [-0.2, 0) is 17.6 Å². The molecule has 6 nitrogen and oxygen atoms in total. The van der Waals surface area contributed by atoms with E-state index in [9.17, 15) is 4.79 Å². The second-order valence-corrected chi connectivity index (χ2v) is 6.18. The molecule has 0 saturated carbocycles. The van der Waals surface area contributed by atoms with Gasteiger partial charge in [-0.15, -0.1) is 0 Å². The number of amides is 1. The van der Waals surface area contributed by atoms with E-state index in [2.05, 4.69) is 25.6 Å². The van der Waals surface area contributed by atoms with Crippen molar-refractivity contribution in [2.45, 2.75) is 18.9 Å². The predicted octanol–water partition coefficient (Wildman–Crippen LogP) is 2.10. The molecule has 1 atom stereocenters. The molecular weight excluding hydrogens is 338 g/mol. The third-order valence-corrected chi connectivity index (χ3v) is 4.25. The first-order chi connectivity index (χ1) is 13.3. The van der Waals surface area contributed by atoms with Gasteiger partial charge in [0.15, 0.2) is 0 Å². The van der Waals surface area contributed by atoms with Crippen molar-refractivity contribution in [2.24, 2.45) is 0 Å². The fraction of sp³-hybridized carbons (Fsp3) is 0.238. The lowest BCUT2D eigenvalue weighted by Gasteiger charge is -2.19. The maximum absolute atomic E-state index is 12.8. The van der Waals surface area contributed by atoms with Crippen molar-refractivity contribution < 1.29 is 4.79 Å². The minimum Gasteiger partial charge on any atom is -0.354 e. The fourth-order valence-electron chi connectivity index (χ4n) is 2.81. The number of carbonyl (C=O) groups excluding carboxylic acids is 1. The number of rotatable bonds is 9. The molecule has 3 aromatic heterocycles. The standard InChI is InChI=1S/C21H23N5O/c27-21(26-15-6-18-2-1-9-24-16-18)20(19-7-12-23-13-8-19)25-14-5-17-3-10-22-11-4-17/h1-4,7-13,16,20,25H,5-6,14-15H2,(H,26,27). The molecule has 3 aromatic rings. The van der Waals surface area contributed by atoms with Crippen LogP contribution in [0.15, 0.2) is 73.6 Å². The summed E-state index contributed by atoms with van der Waals surface area (Å²) in [7, 11) is 0. The molecule has 0 aliphatic carbocycles. The van der Waals surface area contributed by atoms with Gasteiger partial charge in [-0.3, -0.25) is 19.7 Å². The average molecular weight is 361 g/mol. The summed E-state index contributed by atoms with van der Waals surface area (Å²) in [6.45, 7) is 1.26. The lowest BCUT2D eigenvalue weighted by atomic mass is 10.1. The van der Waals surface area contributed by atoms with Crippen molar-refractivity contribution in [1.82, 2.24) is 25.6 Å². The highest BCUT2D eigenvalue weighted by Crippen LogP contribution is 2.12. The second kappa shape index (κ2) is 10.1. The Morgan fingerprint density at radius 2 is 1.52 bits per heavy atom. The Bertz CT molecular complexity index is 812. The number of nitrogens with one attached hydrogen (secondary N) is 2. The molecule has 0 radical (unpaired) electrons. The lowest BCUT2D eigenvalue weighted by Crippen LogP contribution is -2.39. The van der Waals surface area contributed by atoms with E-state index in [-0.39, 0.29) is 5.91 Å². The van der Waals surface area contributed by atoms with E-state index in [0.717, 1.165) is 24.0 Å². The van der Waals surface area contributed by atoms with Crippen molar-refractivity contribution >= 4 is 5.91 Å². The van der Waals surface area contributed by atoms with Crippen LogP contribution in [-0.4, -0.2) is 33.9 Å². The largest absolute Gasteiger partial charge is 0.354 e. The Morgan fingerprint density at radius 1 is 0.815 bits per heavy atom. The molecule has 6 heteroatoms. The first-order valence-corrected chi connectivity index (χ1v) is 9.02. The topological polar surface area (TPSA) is 79.8 Å². The Kier molecular flexibility index (Phi) is 7.00. The van der Waals surface area contributed by atoms with Gasteiger partial charge in [-0.1, -0.05) is 6.07 Å². The summed E-state index contributed by atoms with van der Waals surface area (Å²) < 4.78 is 0. The quantitative estimate of drug-likeness (QED) is 0.610. The Hall–Kier alpha value is -3.12. The molecule has 0 fully saturated rings. The number of hydrogen-bond acceptors (Lipinski definition) is 5. The molecule has 2 N–H and O–H groups in total. The smallest absolute Gasteiger partial charge is 0.241 e. The highest BCUT2D eigenvalue weighted by Gasteiger charge is 2.19. The van der Waals surface area contributed by atoms with Crippen LogP contribution in [0, 0.1) is 0 Å². The van der Waals surface area contributed by atoms with Gasteiger partial charge in [-0.05, 0) is 59.9 Å². The summed E-state index contributed by atoms with van der Waals surface area (Å²) in [5.74, 6) is -0.0418. The molecule has 0 aliphatic rings. The summed E-state index contributed by atoms with van der Waals surface area (Å²) >= 11 is 0. The minimum atomic E-state index is -0.413. The summed E-state index contributed by atoms with van der Waals surface area (Å²) in [5.41, 5.74) is 3.19. The normalized spacial score (nSPS) is 11.7. The van der Waals surface area contributed by atoms with Crippen LogP contribution in [0.3, 0.4) is 0 Å². The SMILES string of the molecule is O=C(NCCc1cccnc1)C(NCCc1ccncc1)c1ccncc1. The molecule has 0 bridgehead atoms. The Balaban J connectivity index is 1.56. The van der Waals surface area contributed by atoms with Gasteiger partial charge in [0.2, 0.25) is 5.91 Å². The third-order valence-electron chi connectivity index (χ3n) is 4.25. The van der Waals surface area contributed by atoms with Gasteiger partial charge in [0, 0.05) is 50.3 Å². The maximum atomic E-state index is 12.8. The molecule has 1 unspecified atom stereocenters. The van der Waals surface area contributed by atoms with E-state index in [1.165, 1.54) is 5.56 Å². The number of nitrogens with zero attached hydrogens (tertiary/aromatic N) is 3. The molecule has 0 spiro atoms. The highest BCUT2D eigenvalue weighted by atomic mass is 16.2. The molecule has 0 aromatic carbocycles.